The maximum absolute atomic E-state index is 13.1. The Morgan fingerprint density at radius 1 is 1.06 bits per heavy atom. The molecule has 2 fully saturated rings. The SMILES string of the molecule is Cc1cc(-c2cnc(N3CCCC3)nc2C2CCN(C(=O)c3ccc(N(C)C)cc3)CC2)on1. The van der Waals surface area contributed by atoms with Gasteiger partial charge in [0, 0.05) is 69.7 Å². The molecule has 3 aromatic rings. The maximum atomic E-state index is 13.1. The molecule has 0 atom stereocenters. The molecule has 1 aromatic carbocycles. The Bertz CT molecular complexity index is 1140. The largest absolute Gasteiger partial charge is 0.378 e. The van der Waals surface area contributed by atoms with E-state index in [1.165, 1.54) is 12.8 Å². The number of carbonyl (C=O) groups is 1. The molecule has 8 nitrogen and oxygen atoms in total. The molecule has 0 spiro atoms. The predicted molar refractivity (Wildman–Crippen MR) is 132 cm³/mol. The van der Waals surface area contributed by atoms with Gasteiger partial charge in [-0.15, -0.1) is 0 Å². The summed E-state index contributed by atoms with van der Waals surface area (Å²) in [5, 5.41) is 4.07. The van der Waals surface area contributed by atoms with Crippen LogP contribution in [0.2, 0.25) is 0 Å². The molecule has 5 rings (SSSR count). The number of nitrogens with zero attached hydrogens (tertiary/aromatic N) is 6. The highest BCUT2D eigenvalue weighted by Crippen LogP contribution is 2.35. The molecule has 0 unspecified atom stereocenters. The molecule has 0 bridgehead atoms. The Hall–Kier alpha value is -3.42. The highest BCUT2D eigenvalue weighted by atomic mass is 16.5. The summed E-state index contributed by atoms with van der Waals surface area (Å²) in [7, 11) is 4.00. The first kappa shape index (κ1) is 22.4. The van der Waals surface area contributed by atoms with Crippen molar-refractivity contribution in [2.75, 3.05) is 50.1 Å². The molecule has 0 N–H and O–H groups in total. The Morgan fingerprint density at radius 3 is 2.38 bits per heavy atom. The number of anilines is 2. The lowest BCUT2D eigenvalue weighted by molar-refractivity contribution is 0.0712. The van der Waals surface area contributed by atoms with Gasteiger partial charge in [0.05, 0.1) is 17.0 Å². The van der Waals surface area contributed by atoms with E-state index in [2.05, 4.69) is 15.0 Å². The van der Waals surface area contributed by atoms with Crippen LogP contribution in [0, 0.1) is 6.92 Å². The summed E-state index contributed by atoms with van der Waals surface area (Å²) >= 11 is 0. The number of likely N-dealkylation sites (tertiary alicyclic amines) is 1. The van der Waals surface area contributed by atoms with E-state index in [0.717, 1.165) is 60.1 Å². The minimum Gasteiger partial charge on any atom is -0.378 e. The van der Waals surface area contributed by atoms with E-state index in [1.807, 2.05) is 67.3 Å². The van der Waals surface area contributed by atoms with E-state index in [4.69, 9.17) is 9.51 Å². The quantitative estimate of drug-likeness (QED) is 0.567. The van der Waals surface area contributed by atoms with Crippen LogP contribution in [0.4, 0.5) is 11.6 Å². The minimum absolute atomic E-state index is 0.0929. The van der Waals surface area contributed by atoms with Gasteiger partial charge in [-0.05, 0) is 56.9 Å². The highest BCUT2D eigenvalue weighted by molar-refractivity contribution is 5.94. The molecule has 2 aliphatic heterocycles. The van der Waals surface area contributed by atoms with Crippen LogP contribution < -0.4 is 9.80 Å². The van der Waals surface area contributed by atoms with Gasteiger partial charge in [-0.3, -0.25) is 4.79 Å². The molecule has 0 saturated carbocycles. The minimum atomic E-state index is 0.0929. The molecule has 1 amide bonds. The number of piperidine rings is 1. The van der Waals surface area contributed by atoms with Crippen LogP contribution in [-0.2, 0) is 0 Å². The van der Waals surface area contributed by atoms with Crippen molar-refractivity contribution in [3.8, 4) is 11.3 Å². The fourth-order valence-corrected chi connectivity index (χ4v) is 4.89. The molecular formula is C26H32N6O2. The number of amides is 1. The number of hydrogen-bond acceptors (Lipinski definition) is 7. The van der Waals surface area contributed by atoms with E-state index in [9.17, 15) is 4.79 Å². The highest BCUT2D eigenvalue weighted by Gasteiger charge is 2.29. The fourth-order valence-electron chi connectivity index (χ4n) is 4.89. The third-order valence-corrected chi connectivity index (χ3v) is 6.89. The Morgan fingerprint density at radius 2 is 1.76 bits per heavy atom. The van der Waals surface area contributed by atoms with Gasteiger partial charge in [0.25, 0.3) is 5.91 Å². The Kier molecular flexibility index (Phi) is 6.22. The van der Waals surface area contributed by atoms with Crippen molar-refractivity contribution in [2.45, 2.75) is 38.5 Å². The van der Waals surface area contributed by atoms with Gasteiger partial charge in [0.15, 0.2) is 5.76 Å². The zero-order valence-electron chi connectivity index (χ0n) is 20.2. The standard InChI is InChI=1S/C26H32N6O2/c1-18-16-23(34-29-18)22-17-27-26(32-12-4-5-13-32)28-24(22)19-10-14-31(15-11-19)25(33)20-6-8-21(9-7-20)30(2)3/h6-9,16-17,19H,4-5,10-15H2,1-3H3. The second kappa shape index (κ2) is 9.44. The van der Waals surface area contributed by atoms with Crippen LogP contribution >= 0.6 is 0 Å². The molecular weight excluding hydrogens is 428 g/mol. The summed E-state index contributed by atoms with van der Waals surface area (Å²) in [5.74, 6) is 1.84. The molecule has 2 aliphatic rings. The van der Waals surface area contributed by atoms with Crippen LogP contribution in [0.3, 0.4) is 0 Å². The molecule has 2 aromatic heterocycles. The third kappa shape index (κ3) is 4.49. The van der Waals surface area contributed by atoms with Crippen LogP contribution in [-0.4, -0.2) is 66.2 Å². The van der Waals surface area contributed by atoms with E-state index < -0.39 is 0 Å². The summed E-state index contributed by atoms with van der Waals surface area (Å²) in [5.41, 5.74) is 4.58. The van der Waals surface area contributed by atoms with Crippen LogP contribution in [0.15, 0.2) is 41.1 Å². The van der Waals surface area contributed by atoms with Crippen molar-refractivity contribution in [1.29, 1.82) is 0 Å². The average molecular weight is 461 g/mol. The molecule has 4 heterocycles. The number of carbonyl (C=O) groups excluding carboxylic acids is 1. The first-order chi connectivity index (χ1) is 16.5. The van der Waals surface area contributed by atoms with Gasteiger partial charge in [0.2, 0.25) is 5.95 Å². The summed E-state index contributed by atoms with van der Waals surface area (Å²) in [6.45, 7) is 5.33. The maximum Gasteiger partial charge on any atom is 0.253 e. The van der Waals surface area contributed by atoms with E-state index in [-0.39, 0.29) is 11.8 Å². The summed E-state index contributed by atoms with van der Waals surface area (Å²) in [6, 6.07) is 9.76. The summed E-state index contributed by atoms with van der Waals surface area (Å²) < 4.78 is 5.58. The lowest BCUT2D eigenvalue weighted by Gasteiger charge is -2.32. The Labute approximate surface area is 200 Å². The van der Waals surface area contributed by atoms with Crippen LogP contribution in [0.1, 0.15) is 53.3 Å². The second-order valence-electron chi connectivity index (χ2n) is 9.50. The molecule has 0 aliphatic carbocycles. The van der Waals surface area contributed by atoms with Gasteiger partial charge in [-0.1, -0.05) is 5.16 Å². The summed E-state index contributed by atoms with van der Waals surface area (Å²) in [4.78, 5) is 29.1. The predicted octanol–water partition coefficient (Wildman–Crippen LogP) is 4.13. The van der Waals surface area contributed by atoms with E-state index in [1.54, 1.807) is 0 Å². The lowest BCUT2D eigenvalue weighted by atomic mass is 9.90. The van der Waals surface area contributed by atoms with Crippen LogP contribution in [0.25, 0.3) is 11.3 Å². The third-order valence-electron chi connectivity index (χ3n) is 6.89. The van der Waals surface area contributed by atoms with Gasteiger partial charge in [-0.2, -0.15) is 0 Å². The van der Waals surface area contributed by atoms with Crippen molar-refractivity contribution in [2.24, 2.45) is 0 Å². The zero-order valence-corrected chi connectivity index (χ0v) is 20.2. The van der Waals surface area contributed by atoms with Gasteiger partial charge < -0.3 is 19.2 Å². The van der Waals surface area contributed by atoms with E-state index in [0.29, 0.717) is 18.8 Å². The fraction of sp³-hybridized carbons (Fsp3) is 0.462. The van der Waals surface area contributed by atoms with E-state index >= 15 is 0 Å². The van der Waals surface area contributed by atoms with Crippen molar-refractivity contribution in [1.82, 2.24) is 20.0 Å². The van der Waals surface area contributed by atoms with Gasteiger partial charge in [-0.25, -0.2) is 9.97 Å². The molecule has 8 heteroatoms. The van der Waals surface area contributed by atoms with Crippen molar-refractivity contribution in [3.05, 3.63) is 53.5 Å². The molecule has 2 saturated heterocycles. The number of aryl methyl sites for hydroxylation is 1. The monoisotopic (exact) mass is 460 g/mol. The number of rotatable bonds is 5. The van der Waals surface area contributed by atoms with Crippen molar-refractivity contribution >= 4 is 17.5 Å². The average Bonchev–Trinajstić information content (AvgIpc) is 3.56. The molecule has 34 heavy (non-hydrogen) atoms. The normalized spacial score (nSPS) is 16.8. The van der Waals surface area contributed by atoms with Crippen LogP contribution in [0.5, 0.6) is 0 Å². The number of aromatic nitrogens is 3. The van der Waals surface area contributed by atoms with Gasteiger partial charge in [0.1, 0.15) is 0 Å². The lowest BCUT2D eigenvalue weighted by Crippen LogP contribution is -2.38. The van der Waals surface area contributed by atoms with Crippen molar-refractivity contribution < 1.29 is 9.32 Å². The molecule has 0 radical (unpaired) electrons. The summed E-state index contributed by atoms with van der Waals surface area (Å²) in [6.07, 6.45) is 5.96. The smallest absolute Gasteiger partial charge is 0.253 e. The molecule has 178 valence electrons. The number of hydrogen-bond donors (Lipinski definition) is 0. The topological polar surface area (TPSA) is 78.6 Å². The number of benzene rings is 1. The van der Waals surface area contributed by atoms with Crippen molar-refractivity contribution in [3.63, 3.8) is 0 Å². The zero-order chi connectivity index (χ0) is 23.7. The Balaban J connectivity index is 1.35. The first-order valence-corrected chi connectivity index (χ1v) is 12.1. The first-order valence-electron chi connectivity index (χ1n) is 12.1. The second-order valence-corrected chi connectivity index (χ2v) is 9.50. The van der Waals surface area contributed by atoms with Gasteiger partial charge >= 0.3 is 0 Å².